The molecule has 0 radical (unpaired) electrons. The van der Waals surface area contributed by atoms with Crippen molar-refractivity contribution in [3.63, 3.8) is 0 Å². The summed E-state index contributed by atoms with van der Waals surface area (Å²) in [5, 5.41) is 8.13. The van der Waals surface area contributed by atoms with Crippen LogP contribution in [0.2, 0.25) is 0 Å². The molecule has 3 aromatic carbocycles. The first kappa shape index (κ1) is 16.2. The maximum Gasteiger partial charge on any atom is 0.125 e. The third kappa shape index (κ3) is 2.78. The lowest BCUT2D eigenvalue weighted by molar-refractivity contribution is 0.679. The van der Waals surface area contributed by atoms with Crippen LogP contribution in [0.4, 0.5) is 5.82 Å². The summed E-state index contributed by atoms with van der Waals surface area (Å²) in [7, 11) is 1.95. The van der Waals surface area contributed by atoms with Gasteiger partial charge in [0.15, 0.2) is 0 Å². The molecule has 1 heterocycles. The number of aryl methyl sites for hydroxylation is 1. The maximum absolute atomic E-state index is 4.34. The van der Waals surface area contributed by atoms with Gasteiger partial charge in [0.1, 0.15) is 11.4 Å². The van der Waals surface area contributed by atoms with Crippen LogP contribution in [0.15, 0.2) is 103 Å². The zero-order valence-electron chi connectivity index (χ0n) is 14.7. The van der Waals surface area contributed by atoms with Gasteiger partial charge in [-0.25, -0.2) is 0 Å². The van der Waals surface area contributed by atoms with E-state index in [2.05, 4.69) is 83.2 Å². The number of rotatable bonds is 5. The van der Waals surface area contributed by atoms with Crippen molar-refractivity contribution in [2.75, 3.05) is 5.32 Å². The molecule has 0 saturated carbocycles. The number of hydrogen-bond donors (Lipinski definition) is 1. The van der Waals surface area contributed by atoms with E-state index in [4.69, 9.17) is 0 Å². The van der Waals surface area contributed by atoms with E-state index in [9.17, 15) is 0 Å². The smallest absolute Gasteiger partial charge is 0.125 e. The van der Waals surface area contributed by atoms with Crippen molar-refractivity contribution in [3.8, 4) is 0 Å². The number of hydrogen-bond acceptors (Lipinski definition) is 2. The quantitative estimate of drug-likeness (QED) is 0.528. The Balaban J connectivity index is 2.02. The minimum atomic E-state index is -0.516. The van der Waals surface area contributed by atoms with E-state index in [1.165, 1.54) is 16.7 Å². The Bertz CT molecular complexity index is 863. The fraction of sp³-hybridized carbons (Fsp3) is 0.0870. The number of aromatic nitrogens is 2. The molecule has 0 bridgehead atoms. The van der Waals surface area contributed by atoms with Crippen LogP contribution >= 0.6 is 0 Å². The van der Waals surface area contributed by atoms with Crippen LogP contribution in [0.3, 0.4) is 0 Å². The molecule has 128 valence electrons. The number of anilines is 1. The van der Waals surface area contributed by atoms with Crippen molar-refractivity contribution >= 4 is 5.82 Å². The SMILES string of the molecule is Cn1nccc1NC(c1ccccc1)(c1ccccc1)c1ccccc1. The van der Waals surface area contributed by atoms with E-state index in [1.54, 1.807) is 0 Å². The fourth-order valence-corrected chi connectivity index (χ4v) is 3.47. The van der Waals surface area contributed by atoms with Gasteiger partial charge in [-0.3, -0.25) is 4.68 Å². The van der Waals surface area contributed by atoms with Gasteiger partial charge in [0.05, 0.1) is 6.20 Å². The van der Waals surface area contributed by atoms with E-state index < -0.39 is 5.54 Å². The van der Waals surface area contributed by atoms with Crippen molar-refractivity contribution in [2.24, 2.45) is 7.05 Å². The van der Waals surface area contributed by atoms with Crippen molar-refractivity contribution in [1.82, 2.24) is 9.78 Å². The van der Waals surface area contributed by atoms with Gasteiger partial charge in [0, 0.05) is 13.1 Å². The molecule has 0 amide bonds. The first-order valence-corrected chi connectivity index (χ1v) is 8.73. The molecule has 3 nitrogen and oxygen atoms in total. The molecule has 0 aliphatic carbocycles. The van der Waals surface area contributed by atoms with Crippen molar-refractivity contribution in [2.45, 2.75) is 5.54 Å². The van der Waals surface area contributed by atoms with Crippen LogP contribution in [-0.2, 0) is 12.6 Å². The molecule has 4 aromatic rings. The van der Waals surface area contributed by atoms with Gasteiger partial charge in [-0.15, -0.1) is 0 Å². The summed E-state index contributed by atoms with van der Waals surface area (Å²) in [5.41, 5.74) is 3.02. The number of nitrogens with one attached hydrogen (secondary N) is 1. The predicted octanol–water partition coefficient (Wildman–Crippen LogP) is 4.82. The fourth-order valence-electron chi connectivity index (χ4n) is 3.47. The van der Waals surface area contributed by atoms with E-state index in [1.807, 2.05) is 42.2 Å². The number of nitrogens with zero attached hydrogens (tertiary/aromatic N) is 2. The average molecular weight is 339 g/mol. The summed E-state index contributed by atoms with van der Waals surface area (Å²) in [6.45, 7) is 0. The van der Waals surface area contributed by atoms with E-state index >= 15 is 0 Å². The molecule has 1 aromatic heterocycles. The molecule has 0 atom stereocenters. The summed E-state index contributed by atoms with van der Waals surface area (Å²) in [6, 6.07) is 33.7. The van der Waals surface area contributed by atoms with Gasteiger partial charge in [-0.05, 0) is 16.7 Å². The molecule has 1 N–H and O–H groups in total. The largest absolute Gasteiger partial charge is 0.353 e. The van der Waals surface area contributed by atoms with Gasteiger partial charge >= 0.3 is 0 Å². The Morgan fingerprint density at radius 2 is 1.08 bits per heavy atom. The molecule has 3 heteroatoms. The highest BCUT2D eigenvalue weighted by Gasteiger charge is 2.36. The predicted molar refractivity (Wildman–Crippen MR) is 106 cm³/mol. The Morgan fingerprint density at radius 1 is 0.654 bits per heavy atom. The highest BCUT2D eigenvalue weighted by Crippen LogP contribution is 2.39. The molecule has 0 saturated heterocycles. The average Bonchev–Trinajstić information content (AvgIpc) is 3.12. The standard InChI is InChI=1S/C23H21N3/c1-26-22(17-18-24-26)25-23(19-11-5-2-6-12-19,20-13-7-3-8-14-20)21-15-9-4-10-16-21/h2-18,25H,1H3. The van der Waals surface area contributed by atoms with Gasteiger partial charge in [0.25, 0.3) is 0 Å². The number of benzene rings is 3. The molecule has 4 rings (SSSR count). The summed E-state index contributed by atoms with van der Waals surface area (Å²) >= 11 is 0. The third-order valence-corrected chi connectivity index (χ3v) is 4.76. The molecule has 0 unspecified atom stereocenters. The Morgan fingerprint density at radius 3 is 1.42 bits per heavy atom. The first-order valence-electron chi connectivity index (χ1n) is 8.73. The van der Waals surface area contributed by atoms with Gasteiger partial charge in [-0.1, -0.05) is 91.0 Å². The monoisotopic (exact) mass is 339 g/mol. The zero-order chi connectivity index (χ0) is 17.8. The van der Waals surface area contributed by atoms with E-state index in [-0.39, 0.29) is 0 Å². The molecule has 0 fully saturated rings. The highest BCUT2D eigenvalue weighted by molar-refractivity contribution is 5.58. The topological polar surface area (TPSA) is 29.9 Å². The van der Waals surface area contributed by atoms with Crippen LogP contribution in [-0.4, -0.2) is 9.78 Å². The molecule has 0 spiro atoms. The molecular formula is C23H21N3. The summed E-state index contributed by atoms with van der Waals surface area (Å²) in [5.74, 6) is 0.960. The van der Waals surface area contributed by atoms with Gasteiger partial charge < -0.3 is 5.32 Å². The second kappa shape index (κ2) is 6.89. The lowest BCUT2D eigenvalue weighted by Gasteiger charge is -2.37. The highest BCUT2D eigenvalue weighted by atomic mass is 15.3. The molecule has 0 aliphatic heterocycles. The molecular weight excluding hydrogens is 318 g/mol. The van der Waals surface area contributed by atoms with Crippen LogP contribution in [0.1, 0.15) is 16.7 Å². The first-order chi connectivity index (χ1) is 12.8. The molecule has 26 heavy (non-hydrogen) atoms. The summed E-state index contributed by atoms with van der Waals surface area (Å²) in [6.07, 6.45) is 1.81. The van der Waals surface area contributed by atoms with Crippen LogP contribution in [0.5, 0.6) is 0 Å². The molecule has 0 aliphatic rings. The second-order valence-corrected chi connectivity index (χ2v) is 6.31. The van der Waals surface area contributed by atoms with Crippen LogP contribution in [0.25, 0.3) is 0 Å². The van der Waals surface area contributed by atoms with E-state index in [0.717, 1.165) is 5.82 Å². The zero-order valence-corrected chi connectivity index (χ0v) is 14.7. The third-order valence-electron chi connectivity index (χ3n) is 4.76. The maximum atomic E-state index is 4.34. The Kier molecular flexibility index (Phi) is 4.28. The van der Waals surface area contributed by atoms with E-state index in [0.29, 0.717) is 0 Å². The van der Waals surface area contributed by atoms with Crippen molar-refractivity contribution < 1.29 is 0 Å². The second-order valence-electron chi connectivity index (χ2n) is 6.31. The van der Waals surface area contributed by atoms with Gasteiger partial charge in [-0.2, -0.15) is 5.10 Å². The minimum Gasteiger partial charge on any atom is -0.353 e. The van der Waals surface area contributed by atoms with Crippen LogP contribution in [0, 0.1) is 0 Å². The summed E-state index contributed by atoms with van der Waals surface area (Å²) in [4.78, 5) is 0. The lowest BCUT2D eigenvalue weighted by atomic mass is 9.77. The van der Waals surface area contributed by atoms with Gasteiger partial charge in [0.2, 0.25) is 0 Å². The lowest BCUT2D eigenvalue weighted by Crippen LogP contribution is -2.38. The minimum absolute atomic E-state index is 0.516. The van der Waals surface area contributed by atoms with Crippen molar-refractivity contribution in [1.29, 1.82) is 0 Å². The van der Waals surface area contributed by atoms with Crippen molar-refractivity contribution in [3.05, 3.63) is 120 Å². The normalized spacial score (nSPS) is 11.3. The summed E-state index contributed by atoms with van der Waals surface area (Å²) < 4.78 is 1.86. The Labute approximate surface area is 153 Å². The van der Waals surface area contributed by atoms with Crippen LogP contribution < -0.4 is 5.32 Å². The Hall–Kier alpha value is -3.33.